The number of esters is 1. The van der Waals surface area contributed by atoms with Crippen molar-refractivity contribution in [3.05, 3.63) is 62.0 Å². The van der Waals surface area contributed by atoms with Crippen molar-refractivity contribution in [2.75, 3.05) is 11.9 Å². The highest BCUT2D eigenvalue weighted by atomic mass is 79.9. The van der Waals surface area contributed by atoms with Crippen molar-refractivity contribution in [3.63, 3.8) is 0 Å². The van der Waals surface area contributed by atoms with E-state index in [0.717, 1.165) is 4.47 Å². The Labute approximate surface area is 149 Å². The predicted octanol–water partition coefficient (Wildman–Crippen LogP) is 4.66. The van der Waals surface area contributed by atoms with E-state index in [1.807, 2.05) is 0 Å². The van der Waals surface area contributed by atoms with Gasteiger partial charge in [0.25, 0.3) is 5.91 Å². The van der Waals surface area contributed by atoms with Crippen LogP contribution < -0.4 is 5.32 Å². The van der Waals surface area contributed by atoms with Gasteiger partial charge in [0.05, 0.1) is 10.6 Å². The molecule has 0 aliphatic rings. The highest BCUT2D eigenvalue weighted by Crippen LogP contribution is 2.21. The molecule has 0 saturated carbocycles. The lowest BCUT2D eigenvalue weighted by Crippen LogP contribution is -2.21. The maximum Gasteiger partial charge on any atom is 0.340 e. The summed E-state index contributed by atoms with van der Waals surface area (Å²) in [6.45, 7) is -0.391. The number of carbonyl (C=O) groups is 2. The first-order valence-electron chi connectivity index (χ1n) is 6.13. The smallest absolute Gasteiger partial charge is 0.340 e. The molecule has 0 aliphatic carbocycles. The number of rotatable bonds is 4. The van der Waals surface area contributed by atoms with E-state index in [1.54, 1.807) is 36.4 Å². The molecule has 1 N–H and O–H groups in total. The van der Waals surface area contributed by atoms with Gasteiger partial charge >= 0.3 is 5.97 Å². The monoisotopic (exact) mass is 445 g/mol. The number of anilines is 1. The zero-order valence-electron chi connectivity index (χ0n) is 11.1. The van der Waals surface area contributed by atoms with Crippen LogP contribution in [0.25, 0.3) is 0 Å². The van der Waals surface area contributed by atoms with Crippen LogP contribution in [0.5, 0.6) is 0 Å². The fourth-order valence-corrected chi connectivity index (χ4v) is 2.41. The molecular formula is C15H10Br2ClNO3. The number of amides is 1. The third kappa shape index (κ3) is 4.83. The fourth-order valence-electron chi connectivity index (χ4n) is 1.59. The lowest BCUT2D eigenvalue weighted by Gasteiger charge is -2.08. The lowest BCUT2D eigenvalue weighted by molar-refractivity contribution is -0.119. The van der Waals surface area contributed by atoms with Gasteiger partial charge in [0.15, 0.2) is 6.61 Å². The molecule has 0 bridgehead atoms. The minimum Gasteiger partial charge on any atom is -0.452 e. The Kier molecular flexibility index (Phi) is 5.99. The van der Waals surface area contributed by atoms with Crippen molar-refractivity contribution < 1.29 is 14.3 Å². The van der Waals surface area contributed by atoms with Crippen LogP contribution in [0, 0.1) is 0 Å². The summed E-state index contributed by atoms with van der Waals surface area (Å²) in [6.07, 6.45) is 0. The third-order valence-corrected chi connectivity index (χ3v) is 3.96. The zero-order chi connectivity index (χ0) is 16.1. The molecule has 0 atom stereocenters. The molecular weight excluding hydrogens is 437 g/mol. The molecule has 0 heterocycles. The summed E-state index contributed by atoms with van der Waals surface area (Å²) in [7, 11) is 0. The van der Waals surface area contributed by atoms with Crippen LogP contribution in [-0.4, -0.2) is 18.5 Å². The lowest BCUT2D eigenvalue weighted by atomic mass is 10.2. The maximum atomic E-state index is 11.9. The molecule has 2 rings (SSSR count). The van der Waals surface area contributed by atoms with Gasteiger partial charge in [-0.05, 0) is 42.5 Å². The van der Waals surface area contributed by atoms with Gasteiger partial charge in [-0.15, -0.1) is 0 Å². The minimum absolute atomic E-state index is 0.201. The average Bonchev–Trinajstić information content (AvgIpc) is 2.49. The summed E-state index contributed by atoms with van der Waals surface area (Å²) >= 11 is 12.5. The van der Waals surface area contributed by atoms with Crippen LogP contribution in [-0.2, 0) is 9.53 Å². The number of hydrogen-bond acceptors (Lipinski definition) is 3. The molecule has 0 fully saturated rings. The maximum absolute atomic E-state index is 11.9. The molecule has 0 saturated heterocycles. The van der Waals surface area contributed by atoms with E-state index in [9.17, 15) is 9.59 Å². The van der Waals surface area contributed by atoms with E-state index in [0.29, 0.717) is 10.2 Å². The second kappa shape index (κ2) is 7.76. The van der Waals surface area contributed by atoms with Gasteiger partial charge in [-0.1, -0.05) is 43.5 Å². The quantitative estimate of drug-likeness (QED) is 0.694. The van der Waals surface area contributed by atoms with Gasteiger partial charge < -0.3 is 10.1 Å². The molecule has 114 valence electrons. The number of benzene rings is 2. The summed E-state index contributed by atoms with van der Waals surface area (Å²) in [6, 6.07) is 11.9. The van der Waals surface area contributed by atoms with E-state index in [4.69, 9.17) is 16.3 Å². The number of carbonyl (C=O) groups excluding carboxylic acids is 2. The molecule has 2 aromatic carbocycles. The van der Waals surface area contributed by atoms with E-state index in [-0.39, 0.29) is 10.6 Å². The number of halogens is 3. The van der Waals surface area contributed by atoms with Crippen molar-refractivity contribution in [2.24, 2.45) is 0 Å². The van der Waals surface area contributed by atoms with Gasteiger partial charge in [0, 0.05) is 14.6 Å². The summed E-state index contributed by atoms with van der Waals surface area (Å²) in [5.41, 5.74) is 0.817. The van der Waals surface area contributed by atoms with E-state index in [1.165, 1.54) is 6.07 Å². The fraction of sp³-hybridized carbons (Fsp3) is 0.0667. The van der Waals surface area contributed by atoms with Crippen molar-refractivity contribution in [3.8, 4) is 0 Å². The third-order valence-electron chi connectivity index (χ3n) is 2.61. The molecule has 0 aromatic heterocycles. The Balaban J connectivity index is 1.91. The predicted molar refractivity (Wildman–Crippen MR) is 92.2 cm³/mol. The van der Waals surface area contributed by atoms with Crippen LogP contribution >= 0.6 is 43.5 Å². The van der Waals surface area contributed by atoms with Gasteiger partial charge in [-0.2, -0.15) is 0 Å². The normalized spacial score (nSPS) is 10.1. The summed E-state index contributed by atoms with van der Waals surface area (Å²) in [4.78, 5) is 23.6. The Hall–Kier alpha value is -1.37. The molecule has 4 nitrogen and oxygen atoms in total. The molecule has 0 unspecified atom stereocenters. The summed E-state index contributed by atoms with van der Waals surface area (Å²) < 4.78 is 6.56. The van der Waals surface area contributed by atoms with Crippen LogP contribution in [0.4, 0.5) is 5.69 Å². The van der Waals surface area contributed by atoms with Crippen molar-refractivity contribution in [1.82, 2.24) is 0 Å². The Morgan fingerprint density at radius 1 is 1.05 bits per heavy atom. The minimum atomic E-state index is -0.655. The van der Waals surface area contributed by atoms with Gasteiger partial charge in [0.1, 0.15) is 0 Å². The Morgan fingerprint density at radius 3 is 2.36 bits per heavy atom. The summed E-state index contributed by atoms with van der Waals surface area (Å²) in [5, 5.41) is 2.89. The van der Waals surface area contributed by atoms with Crippen molar-refractivity contribution in [2.45, 2.75) is 0 Å². The Bertz CT molecular complexity index is 704. The van der Waals surface area contributed by atoms with Crippen LogP contribution in [0.3, 0.4) is 0 Å². The molecule has 2 aromatic rings. The summed E-state index contributed by atoms with van der Waals surface area (Å²) in [5.74, 6) is -1.08. The van der Waals surface area contributed by atoms with E-state index >= 15 is 0 Å². The molecule has 0 spiro atoms. The Morgan fingerprint density at radius 2 is 1.68 bits per heavy atom. The first kappa shape index (κ1) is 17.0. The largest absolute Gasteiger partial charge is 0.452 e. The molecule has 0 aliphatic heterocycles. The molecule has 0 radical (unpaired) electrons. The standard InChI is InChI=1S/C15H10Br2ClNO3/c16-9-1-4-11(5-2-9)19-14(20)8-22-15(21)12-7-10(17)3-6-13(12)18/h1-7H,8H2,(H,19,20). The molecule has 1 amide bonds. The van der Waals surface area contributed by atoms with Crippen LogP contribution in [0.1, 0.15) is 10.4 Å². The van der Waals surface area contributed by atoms with Crippen molar-refractivity contribution in [1.29, 1.82) is 0 Å². The molecule has 7 heteroatoms. The van der Waals surface area contributed by atoms with Crippen molar-refractivity contribution >= 4 is 61.0 Å². The number of ether oxygens (including phenoxy) is 1. The first-order chi connectivity index (χ1) is 10.5. The zero-order valence-corrected chi connectivity index (χ0v) is 15.0. The van der Waals surface area contributed by atoms with Gasteiger partial charge in [-0.3, -0.25) is 4.79 Å². The number of hydrogen-bond donors (Lipinski definition) is 1. The average molecular weight is 448 g/mol. The highest BCUT2D eigenvalue weighted by molar-refractivity contribution is 9.10. The van der Waals surface area contributed by atoms with E-state index in [2.05, 4.69) is 37.2 Å². The molecule has 22 heavy (non-hydrogen) atoms. The van der Waals surface area contributed by atoms with Crippen LogP contribution in [0.2, 0.25) is 5.02 Å². The SMILES string of the molecule is O=C(COC(=O)c1cc(Br)ccc1Cl)Nc1ccc(Br)cc1. The second-order valence-corrected chi connectivity index (χ2v) is 6.49. The first-order valence-corrected chi connectivity index (χ1v) is 8.09. The highest BCUT2D eigenvalue weighted by Gasteiger charge is 2.14. The topological polar surface area (TPSA) is 55.4 Å². The number of nitrogens with one attached hydrogen (secondary N) is 1. The van der Waals surface area contributed by atoms with Crippen LogP contribution in [0.15, 0.2) is 51.4 Å². The van der Waals surface area contributed by atoms with Gasteiger partial charge in [-0.25, -0.2) is 4.79 Å². The van der Waals surface area contributed by atoms with E-state index < -0.39 is 18.5 Å². The van der Waals surface area contributed by atoms with Gasteiger partial charge in [0.2, 0.25) is 0 Å². The second-order valence-electron chi connectivity index (χ2n) is 4.26.